The van der Waals surface area contributed by atoms with E-state index in [1.165, 1.54) is 5.56 Å². The molecule has 3 heteroatoms. The van der Waals surface area contributed by atoms with E-state index in [1.807, 2.05) is 13.1 Å². The predicted molar refractivity (Wildman–Crippen MR) is 66.5 cm³/mol. The zero-order valence-electron chi connectivity index (χ0n) is 10.5. The molecule has 0 bridgehead atoms. The van der Waals surface area contributed by atoms with Gasteiger partial charge in [0.05, 0.1) is 0 Å². The molecule has 1 atom stereocenters. The van der Waals surface area contributed by atoms with Crippen molar-refractivity contribution < 1.29 is 4.74 Å². The number of rotatable bonds is 7. The van der Waals surface area contributed by atoms with Gasteiger partial charge in [-0.2, -0.15) is 0 Å². The van der Waals surface area contributed by atoms with Gasteiger partial charge >= 0.3 is 0 Å². The van der Waals surface area contributed by atoms with E-state index >= 15 is 0 Å². The molecule has 0 aliphatic carbocycles. The second-order valence-corrected chi connectivity index (χ2v) is 3.98. The Labute approximate surface area is 98.2 Å². The van der Waals surface area contributed by atoms with Gasteiger partial charge in [0.15, 0.2) is 0 Å². The van der Waals surface area contributed by atoms with Gasteiger partial charge in [0.1, 0.15) is 0 Å². The monoisotopic (exact) mass is 222 g/mol. The Morgan fingerprint density at radius 2 is 2.31 bits per heavy atom. The Kier molecular flexibility index (Phi) is 6.04. The second kappa shape index (κ2) is 7.36. The molecular formula is C13H22N2O. The number of nitrogens with zero attached hydrogens (tertiary/aromatic N) is 1. The molecule has 0 aliphatic heterocycles. The maximum atomic E-state index is 5.09. The van der Waals surface area contributed by atoms with Gasteiger partial charge in [0, 0.05) is 31.6 Å². The fourth-order valence-electron chi connectivity index (χ4n) is 1.85. The van der Waals surface area contributed by atoms with Crippen LogP contribution in [0.3, 0.4) is 0 Å². The minimum atomic E-state index is 0.418. The van der Waals surface area contributed by atoms with Gasteiger partial charge in [-0.3, -0.25) is 4.98 Å². The number of pyridine rings is 1. The van der Waals surface area contributed by atoms with Crippen molar-refractivity contribution in [1.29, 1.82) is 0 Å². The van der Waals surface area contributed by atoms with Gasteiger partial charge in [-0.25, -0.2) is 0 Å². The normalized spacial score (nSPS) is 12.7. The molecule has 3 nitrogen and oxygen atoms in total. The van der Waals surface area contributed by atoms with E-state index in [-0.39, 0.29) is 0 Å². The van der Waals surface area contributed by atoms with Gasteiger partial charge in [-0.05, 0) is 44.0 Å². The molecule has 0 aliphatic rings. The van der Waals surface area contributed by atoms with Crippen LogP contribution in [0.2, 0.25) is 0 Å². The van der Waals surface area contributed by atoms with E-state index in [2.05, 4.69) is 29.4 Å². The summed E-state index contributed by atoms with van der Waals surface area (Å²) in [6.07, 6.45) is 4.06. The Balaban J connectivity index is 2.61. The summed E-state index contributed by atoms with van der Waals surface area (Å²) in [6.45, 7) is 5.98. The van der Waals surface area contributed by atoms with Crippen LogP contribution in [0.15, 0.2) is 18.3 Å². The number of hydrogen-bond donors (Lipinski definition) is 1. The maximum absolute atomic E-state index is 5.09. The Bertz CT molecular complexity index is 302. The van der Waals surface area contributed by atoms with Gasteiger partial charge in [0.2, 0.25) is 0 Å². The van der Waals surface area contributed by atoms with Crippen molar-refractivity contribution in [1.82, 2.24) is 10.3 Å². The van der Waals surface area contributed by atoms with E-state index in [4.69, 9.17) is 4.74 Å². The molecule has 0 saturated heterocycles. The summed E-state index contributed by atoms with van der Waals surface area (Å²) in [5.74, 6) is 0. The molecule has 0 saturated carbocycles. The van der Waals surface area contributed by atoms with Gasteiger partial charge < -0.3 is 10.1 Å². The highest BCUT2D eigenvalue weighted by molar-refractivity contribution is 5.19. The third kappa shape index (κ3) is 4.29. The van der Waals surface area contributed by atoms with E-state index in [1.54, 1.807) is 7.11 Å². The predicted octanol–water partition coefficient (Wildman–Crippen LogP) is 2.47. The average Bonchev–Trinajstić information content (AvgIpc) is 2.28. The molecule has 0 aromatic carbocycles. The first-order valence-electron chi connectivity index (χ1n) is 5.92. The topological polar surface area (TPSA) is 34.1 Å². The lowest BCUT2D eigenvalue weighted by Gasteiger charge is -2.18. The lowest BCUT2D eigenvalue weighted by atomic mass is 10.0. The third-order valence-electron chi connectivity index (χ3n) is 2.61. The first-order valence-corrected chi connectivity index (χ1v) is 5.92. The first kappa shape index (κ1) is 13.1. The van der Waals surface area contributed by atoms with Crippen molar-refractivity contribution in [3.8, 4) is 0 Å². The number of ether oxygens (including phenoxy) is 1. The Hall–Kier alpha value is -0.930. The minimum Gasteiger partial charge on any atom is -0.385 e. The van der Waals surface area contributed by atoms with Crippen molar-refractivity contribution in [3.63, 3.8) is 0 Å². The van der Waals surface area contributed by atoms with E-state index < -0.39 is 0 Å². The summed E-state index contributed by atoms with van der Waals surface area (Å²) in [6, 6.07) is 4.66. The SMILES string of the molecule is CCNC(CCCOC)c1ccnc(C)c1. The molecule has 90 valence electrons. The highest BCUT2D eigenvalue weighted by Gasteiger charge is 2.09. The number of methoxy groups -OCH3 is 1. The van der Waals surface area contributed by atoms with Crippen LogP contribution in [-0.2, 0) is 4.74 Å². The zero-order valence-corrected chi connectivity index (χ0v) is 10.5. The third-order valence-corrected chi connectivity index (χ3v) is 2.61. The van der Waals surface area contributed by atoms with Gasteiger partial charge in [0.25, 0.3) is 0 Å². The summed E-state index contributed by atoms with van der Waals surface area (Å²) in [5.41, 5.74) is 2.40. The number of aromatic nitrogens is 1. The standard InChI is InChI=1S/C13H22N2O/c1-4-14-13(6-5-9-16-3)12-7-8-15-11(2)10-12/h7-8,10,13-14H,4-6,9H2,1-3H3. The quantitative estimate of drug-likeness (QED) is 0.720. The van der Waals surface area contributed by atoms with Gasteiger partial charge in [-0.15, -0.1) is 0 Å². The molecule has 16 heavy (non-hydrogen) atoms. The molecule has 0 amide bonds. The molecule has 0 fully saturated rings. The highest BCUT2D eigenvalue weighted by Crippen LogP contribution is 2.18. The summed E-state index contributed by atoms with van der Waals surface area (Å²) in [5, 5.41) is 3.50. The van der Waals surface area contributed by atoms with Crippen LogP contribution in [0.25, 0.3) is 0 Å². The van der Waals surface area contributed by atoms with E-state index in [0.717, 1.165) is 31.7 Å². The summed E-state index contributed by atoms with van der Waals surface area (Å²) in [4.78, 5) is 4.23. The number of hydrogen-bond acceptors (Lipinski definition) is 3. The van der Waals surface area contributed by atoms with Crippen molar-refractivity contribution in [2.75, 3.05) is 20.3 Å². The molecule has 0 radical (unpaired) electrons. The van der Waals surface area contributed by atoms with Crippen LogP contribution in [0, 0.1) is 6.92 Å². The number of nitrogens with one attached hydrogen (secondary N) is 1. The second-order valence-electron chi connectivity index (χ2n) is 3.98. The first-order chi connectivity index (χ1) is 7.77. The molecular weight excluding hydrogens is 200 g/mol. The minimum absolute atomic E-state index is 0.418. The average molecular weight is 222 g/mol. The molecule has 0 spiro atoms. The fourth-order valence-corrected chi connectivity index (χ4v) is 1.85. The Morgan fingerprint density at radius 1 is 1.50 bits per heavy atom. The van der Waals surface area contributed by atoms with Crippen molar-refractivity contribution in [2.24, 2.45) is 0 Å². The van der Waals surface area contributed by atoms with Gasteiger partial charge in [-0.1, -0.05) is 6.92 Å². The van der Waals surface area contributed by atoms with Crippen molar-refractivity contribution in [3.05, 3.63) is 29.6 Å². The molecule has 1 heterocycles. The largest absolute Gasteiger partial charge is 0.385 e. The summed E-state index contributed by atoms with van der Waals surface area (Å²) < 4.78 is 5.09. The molecule has 1 unspecified atom stereocenters. The lowest BCUT2D eigenvalue weighted by Crippen LogP contribution is -2.21. The van der Waals surface area contributed by atoms with E-state index in [0.29, 0.717) is 6.04 Å². The van der Waals surface area contributed by atoms with Crippen LogP contribution in [0.5, 0.6) is 0 Å². The number of aryl methyl sites for hydroxylation is 1. The molecule has 1 rings (SSSR count). The Morgan fingerprint density at radius 3 is 2.94 bits per heavy atom. The lowest BCUT2D eigenvalue weighted by molar-refractivity contribution is 0.189. The van der Waals surface area contributed by atoms with Crippen LogP contribution in [0.4, 0.5) is 0 Å². The molecule has 1 aromatic rings. The molecule has 1 aromatic heterocycles. The van der Waals surface area contributed by atoms with Crippen molar-refractivity contribution >= 4 is 0 Å². The fraction of sp³-hybridized carbons (Fsp3) is 0.615. The van der Waals surface area contributed by atoms with Crippen molar-refractivity contribution in [2.45, 2.75) is 32.7 Å². The smallest absolute Gasteiger partial charge is 0.0462 e. The summed E-state index contributed by atoms with van der Waals surface area (Å²) in [7, 11) is 1.75. The van der Waals surface area contributed by atoms with Crippen LogP contribution in [0.1, 0.15) is 37.1 Å². The van der Waals surface area contributed by atoms with E-state index in [9.17, 15) is 0 Å². The maximum Gasteiger partial charge on any atom is 0.0462 e. The molecule has 1 N–H and O–H groups in total. The zero-order chi connectivity index (χ0) is 11.8. The highest BCUT2D eigenvalue weighted by atomic mass is 16.5. The summed E-state index contributed by atoms with van der Waals surface area (Å²) >= 11 is 0. The van der Waals surface area contributed by atoms with Crippen LogP contribution >= 0.6 is 0 Å². The van der Waals surface area contributed by atoms with Crippen LogP contribution < -0.4 is 5.32 Å². The van der Waals surface area contributed by atoms with Crippen LogP contribution in [-0.4, -0.2) is 25.2 Å².